The molecule has 14 heteroatoms. The average molecular weight is 863 g/mol. The van der Waals surface area contributed by atoms with Crippen LogP contribution in [0.15, 0.2) is 144 Å². The molecule has 320 valence electrons. The molecule has 0 saturated carbocycles. The predicted molar refractivity (Wildman–Crippen MR) is 242 cm³/mol. The third-order valence-corrected chi connectivity index (χ3v) is 14.5. The van der Waals surface area contributed by atoms with Gasteiger partial charge in [-0.1, -0.05) is 72.8 Å². The molecule has 12 nitrogen and oxygen atoms in total. The molecule has 0 aliphatic carbocycles. The number of carbonyl (C=O) groups excluding carboxylic acids is 1. The zero-order valence-electron chi connectivity index (χ0n) is 34.9. The number of aromatic nitrogens is 2. The topological polar surface area (TPSA) is 142 Å². The molecule has 2 aliphatic rings. The van der Waals surface area contributed by atoms with Crippen LogP contribution >= 0.6 is 0 Å². The summed E-state index contributed by atoms with van der Waals surface area (Å²) < 4.78 is 63.9. The minimum Gasteiger partial charge on any atom is -0.444 e. The van der Waals surface area contributed by atoms with Crippen molar-refractivity contribution in [3.05, 3.63) is 134 Å². The van der Waals surface area contributed by atoms with Crippen LogP contribution in [0.2, 0.25) is 0 Å². The van der Waals surface area contributed by atoms with E-state index in [2.05, 4.69) is 15.3 Å². The molecule has 4 heterocycles. The summed E-state index contributed by atoms with van der Waals surface area (Å²) in [4.78, 5) is 23.5. The Labute approximate surface area is 359 Å². The van der Waals surface area contributed by atoms with E-state index in [1.54, 1.807) is 64.1 Å². The second-order valence-corrected chi connectivity index (χ2v) is 20.2. The van der Waals surface area contributed by atoms with E-state index in [1.165, 1.54) is 4.31 Å². The van der Waals surface area contributed by atoms with E-state index < -0.39 is 25.6 Å². The van der Waals surface area contributed by atoms with E-state index >= 15 is 0 Å². The van der Waals surface area contributed by atoms with E-state index in [0.29, 0.717) is 42.0 Å². The second-order valence-electron chi connectivity index (χ2n) is 16.6. The van der Waals surface area contributed by atoms with Gasteiger partial charge in [0.1, 0.15) is 15.4 Å². The van der Waals surface area contributed by atoms with Crippen LogP contribution in [0.25, 0.3) is 21.8 Å². The number of amides is 1. The van der Waals surface area contributed by atoms with Crippen molar-refractivity contribution in [1.82, 2.24) is 20.2 Å². The largest absolute Gasteiger partial charge is 0.444 e. The first-order valence-electron chi connectivity index (χ1n) is 20.8. The minimum atomic E-state index is -3.91. The molecule has 2 unspecified atom stereocenters. The average Bonchev–Trinajstić information content (AvgIpc) is 3.27. The quantitative estimate of drug-likeness (QED) is 0.144. The Bertz CT molecular complexity index is 2630. The lowest BCUT2D eigenvalue weighted by atomic mass is 9.98. The van der Waals surface area contributed by atoms with Crippen LogP contribution in [0.3, 0.4) is 0 Å². The Hall–Kier alpha value is -5.57. The molecule has 1 amide bonds. The molecule has 2 fully saturated rings. The van der Waals surface area contributed by atoms with Crippen molar-refractivity contribution in [1.29, 1.82) is 0 Å². The third-order valence-electron chi connectivity index (χ3n) is 10.8. The fourth-order valence-corrected chi connectivity index (χ4v) is 11.4. The highest BCUT2D eigenvalue weighted by atomic mass is 32.2. The van der Waals surface area contributed by atoms with Gasteiger partial charge in [-0.3, -0.25) is 18.6 Å². The number of hydrogen-bond donors (Lipinski definition) is 1. The molecule has 8 rings (SSSR count). The van der Waals surface area contributed by atoms with Crippen molar-refractivity contribution in [3.8, 4) is 0 Å². The second kappa shape index (κ2) is 19.0. The first-order chi connectivity index (χ1) is 29.3. The van der Waals surface area contributed by atoms with Crippen molar-refractivity contribution in [2.24, 2.45) is 11.8 Å². The maximum Gasteiger partial charge on any atom is 0.410 e. The van der Waals surface area contributed by atoms with Crippen LogP contribution in [0, 0.1) is 11.8 Å². The molecule has 6 aromatic rings. The molecule has 61 heavy (non-hydrogen) atoms. The molecule has 2 saturated heterocycles. The summed E-state index contributed by atoms with van der Waals surface area (Å²) >= 11 is 0. The first-order valence-corrected chi connectivity index (χ1v) is 23.7. The SMILES string of the molecule is CC(C)(C)OC(=O)N1CCCC(CN(c2ccccc2)S(=O)(=O)c2cccc3cccnc23)C1.O=S(=O)(c1cccc2cccnc12)N(CC1CCCNC1)c1ccccc1. The zero-order chi connectivity index (χ0) is 43.0. The van der Waals surface area contributed by atoms with Crippen LogP contribution in [-0.2, 0) is 24.8 Å². The molecule has 0 spiro atoms. The van der Waals surface area contributed by atoms with Crippen molar-refractivity contribution in [2.45, 2.75) is 61.8 Å². The van der Waals surface area contributed by atoms with E-state index in [-0.39, 0.29) is 34.3 Å². The highest BCUT2D eigenvalue weighted by Gasteiger charge is 2.34. The van der Waals surface area contributed by atoms with E-state index in [0.717, 1.165) is 49.5 Å². The number of carbonyl (C=O) groups is 1. The molecule has 2 atom stereocenters. The van der Waals surface area contributed by atoms with Gasteiger partial charge in [-0.05, 0) is 120 Å². The lowest BCUT2D eigenvalue weighted by Crippen LogP contribution is -2.46. The number of sulfonamides is 2. The molecule has 0 bridgehead atoms. The van der Waals surface area contributed by atoms with Gasteiger partial charge in [-0.25, -0.2) is 21.6 Å². The van der Waals surface area contributed by atoms with Crippen LogP contribution in [-0.4, -0.2) is 82.7 Å². The normalized spacial score (nSPS) is 17.3. The Balaban J connectivity index is 0.000000189. The molecule has 2 aromatic heterocycles. The number of pyridine rings is 2. The van der Waals surface area contributed by atoms with Gasteiger partial charge in [-0.15, -0.1) is 0 Å². The van der Waals surface area contributed by atoms with Crippen LogP contribution in [0.5, 0.6) is 0 Å². The van der Waals surface area contributed by atoms with Gasteiger partial charge in [0.05, 0.1) is 22.4 Å². The summed E-state index contributed by atoms with van der Waals surface area (Å²) in [6.45, 7) is 9.14. The number of nitrogens with zero attached hydrogens (tertiary/aromatic N) is 5. The van der Waals surface area contributed by atoms with E-state index in [9.17, 15) is 21.6 Å². The van der Waals surface area contributed by atoms with Crippen LogP contribution in [0.1, 0.15) is 46.5 Å². The first kappa shape index (κ1) is 43.5. The van der Waals surface area contributed by atoms with Gasteiger partial charge in [0.15, 0.2) is 0 Å². The lowest BCUT2D eigenvalue weighted by Gasteiger charge is -2.36. The fourth-order valence-electron chi connectivity index (χ4n) is 7.93. The van der Waals surface area contributed by atoms with E-state index in [4.69, 9.17) is 4.74 Å². The number of nitrogens with one attached hydrogen (secondary N) is 1. The maximum atomic E-state index is 14.0. The number of rotatable bonds is 10. The summed E-state index contributed by atoms with van der Waals surface area (Å²) in [5.74, 6) is 0.260. The monoisotopic (exact) mass is 862 g/mol. The smallest absolute Gasteiger partial charge is 0.410 e. The van der Waals surface area contributed by atoms with E-state index in [1.807, 2.05) is 99.6 Å². The van der Waals surface area contributed by atoms with Gasteiger partial charge in [0.25, 0.3) is 20.0 Å². The highest BCUT2D eigenvalue weighted by Crippen LogP contribution is 2.32. The summed E-state index contributed by atoms with van der Waals surface area (Å²) in [6, 6.07) is 36.3. The predicted octanol–water partition coefficient (Wildman–Crippen LogP) is 8.51. The standard InChI is InChI=1S/C26H31N3O4S.C21H23N3O2S/c1-26(2,3)33-25(30)28-17-9-10-20(18-28)19-29(22-13-5-4-6-14-22)34(31,32)23-15-7-11-21-12-8-16-27-24(21)23;25-27(26,20-12-4-8-18-9-6-14-23-21(18)20)24(19-10-2-1-3-11-19)16-17-7-5-13-22-15-17/h4-8,11-16,20H,9-10,17-19H2,1-3H3;1-4,6,8-12,14,17,22H,5,7,13,15-16H2. The number of likely N-dealkylation sites (tertiary alicyclic amines) is 1. The van der Waals surface area contributed by atoms with Gasteiger partial charge in [0.2, 0.25) is 0 Å². The summed E-state index contributed by atoms with van der Waals surface area (Å²) in [7, 11) is -7.65. The van der Waals surface area contributed by atoms with Crippen LogP contribution < -0.4 is 13.9 Å². The Morgan fingerprint density at radius 3 is 1.66 bits per heavy atom. The number of hydrogen-bond acceptors (Lipinski definition) is 9. The molecule has 1 N–H and O–H groups in total. The Morgan fingerprint density at radius 2 is 1.16 bits per heavy atom. The van der Waals surface area contributed by atoms with Gasteiger partial charge in [-0.2, -0.15) is 0 Å². The number of para-hydroxylation sites is 4. The van der Waals surface area contributed by atoms with Gasteiger partial charge >= 0.3 is 6.09 Å². The summed E-state index contributed by atoms with van der Waals surface area (Å²) in [6.07, 6.45) is 6.61. The summed E-state index contributed by atoms with van der Waals surface area (Å²) in [5.41, 5.74) is 1.67. The van der Waals surface area contributed by atoms with Crippen molar-refractivity contribution < 1.29 is 26.4 Å². The Morgan fingerprint density at radius 1 is 0.672 bits per heavy atom. The van der Waals surface area contributed by atoms with Crippen molar-refractivity contribution >= 4 is 59.3 Å². The third kappa shape index (κ3) is 10.5. The minimum absolute atomic E-state index is 0.0285. The zero-order valence-corrected chi connectivity index (χ0v) is 36.6. The van der Waals surface area contributed by atoms with Crippen molar-refractivity contribution in [2.75, 3.05) is 47.9 Å². The maximum absolute atomic E-state index is 14.0. The van der Waals surface area contributed by atoms with Gasteiger partial charge in [0, 0.05) is 49.3 Å². The highest BCUT2D eigenvalue weighted by molar-refractivity contribution is 7.93. The lowest BCUT2D eigenvalue weighted by molar-refractivity contribution is 0.0171. The molecular formula is C47H54N6O6S2. The summed E-state index contributed by atoms with van der Waals surface area (Å²) in [5, 5.41) is 4.97. The molecule has 0 radical (unpaired) electrons. The number of piperidine rings is 2. The number of benzene rings is 4. The number of anilines is 2. The van der Waals surface area contributed by atoms with Crippen molar-refractivity contribution in [3.63, 3.8) is 0 Å². The van der Waals surface area contributed by atoms with Gasteiger partial charge < -0.3 is 15.0 Å². The molecule has 4 aromatic carbocycles. The fraction of sp³-hybridized carbons (Fsp3) is 0.340. The number of ether oxygens (including phenoxy) is 1. The Kier molecular flexibility index (Phi) is 13.6. The number of fused-ring (bicyclic) bond motifs is 2. The van der Waals surface area contributed by atoms with Crippen LogP contribution in [0.4, 0.5) is 16.2 Å². The molecular weight excluding hydrogens is 809 g/mol. The molecule has 2 aliphatic heterocycles.